The zero-order valence-corrected chi connectivity index (χ0v) is 17.4. The van der Waals surface area contributed by atoms with E-state index < -0.39 is 11.5 Å². The van der Waals surface area contributed by atoms with Gasteiger partial charge in [0.1, 0.15) is 23.3 Å². The molecule has 0 fully saturated rings. The van der Waals surface area contributed by atoms with Crippen molar-refractivity contribution in [3.63, 3.8) is 0 Å². The zero-order valence-electron chi connectivity index (χ0n) is 17.4. The van der Waals surface area contributed by atoms with Crippen LogP contribution in [0.15, 0.2) is 74.9 Å². The Balaban J connectivity index is 1.46. The number of amides is 1. The highest BCUT2D eigenvalue weighted by Gasteiger charge is 2.19. The fourth-order valence-electron chi connectivity index (χ4n) is 3.77. The SMILES string of the molecule is Cc1c(NC(=O)Cn2cnc3c(oc4ccccc43)c2=O)c(=O)n(-c2ccccc2)n1C. The summed E-state index contributed by atoms with van der Waals surface area (Å²) in [6, 6.07) is 16.3. The summed E-state index contributed by atoms with van der Waals surface area (Å²) in [6.07, 6.45) is 1.31. The number of carbonyl (C=O) groups excluding carboxylic acids is 1. The first-order chi connectivity index (χ1) is 15.5. The molecule has 160 valence electrons. The van der Waals surface area contributed by atoms with Gasteiger partial charge in [0.25, 0.3) is 11.1 Å². The van der Waals surface area contributed by atoms with Gasteiger partial charge in [0.15, 0.2) is 0 Å². The zero-order chi connectivity index (χ0) is 22.4. The van der Waals surface area contributed by atoms with Gasteiger partial charge >= 0.3 is 0 Å². The molecule has 0 atom stereocenters. The van der Waals surface area contributed by atoms with Crippen molar-refractivity contribution < 1.29 is 9.21 Å². The van der Waals surface area contributed by atoms with E-state index >= 15 is 0 Å². The van der Waals surface area contributed by atoms with Crippen molar-refractivity contribution in [2.45, 2.75) is 13.5 Å². The fraction of sp³-hybridized carbons (Fsp3) is 0.130. The van der Waals surface area contributed by atoms with Crippen molar-refractivity contribution in [1.29, 1.82) is 0 Å². The van der Waals surface area contributed by atoms with Crippen LogP contribution in [0, 0.1) is 6.92 Å². The molecule has 0 saturated heterocycles. The van der Waals surface area contributed by atoms with Crippen molar-refractivity contribution in [1.82, 2.24) is 18.9 Å². The molecule has 0 radical (unpaired) electrons. The maximum absolute atomic E-state index is 13.0. The van der Waals surface area contributed by atoms with E-state index in [1.165, 1.54) is 11.0 Å². The lowest BCUT2D eigenvalue weighted by atomic mass is 10.2. The Hall–Kier alpha value is -4.40. The highest BCUT2D eigenvalue weighted by molar-refractivity contribution is 6.01. The van der Waals surface area contributed by atoms with E-state index in [-0.39, 0.29) is 23.4 Å². The summed E-state index contributed by atoms with van der Waals surface area (Å²) in [5.41, 5.74) is 1.69. The number of aromatic nitrogens is 4. The largest absolute Gasteiger partial charge is 0.448 e. The first-order valence-electron chi connectivity index (χ1n) is 9.96. The third-order valence-corrected chi connectivity index (χ3v) is 5.48. The van der Waals surface area contributed by atoms with Crippen molar-refractivity contribution in [2.75, 3.05) is 5.32 Å². The van der Waals surface area contributed by atoms with Crippen LogP contribution in [0.3, 0.4) is 0 Å². The lowest BCUT2D eigenvalue weighted by Gasteiger charge is -2.07. The molecule has 1 N–H and O–H groups in total. The quantitative estimate of drug-likeness (QED) is 0.473. The summed E-state index contributed by atoms with van der Waals surface area (Å²) in [5.74, 6) is -0.518. The summed E-state index contributed by atoms with van der Waals surface area (Å²) in [5, 5.41) is 3.38. The summed E-state index contributed by atoms with van der Waals surface area (Å²) in [6.45, 7) is 1.43. The molecule has 0 spiro atoms. The second-order valence-electron chi connectivity index (χ2n) is 7.44. The average molecular weight is 429 g/mol. The molecule has 5 rings (SSSR count). The molecule has 5 aromatic rings. The number of fused-ring (bicyclic) bond motifs is 3. The molecule has 2 aromatic carbocycles. The summed E-state index contributed by atoms with van der Waals surface area (Å²) in [7, 11) is 1.74. The number of hydrogen-bond donors (Lipinski definition) is 1. The van der Waals surface area contributed by atoms with Gasteiger partial charge in [-0.1, -0.05) is 30.3 Å². The molecule has 0 bridgehead atoms. The maximum Gasteiger partial charge on any atom is 0.297 e. The highest BCUT2D eigenvalue weighted by atomic mass is 16.3. The number of rotatable bonds is 4. The van der Waals surface area contributed by atoms with Gasteiger partial charge in [-0.3, -0.25) is 23.6 Å². The number of anilines is 1. The first-order valence-corrected chi connectivity index (χ1v) is 9.96. The topological polar surface area (TPSA) is 104 Å². The molecule has 0 unspecified atom stereocenters. The molecule has 1 amide bonds. The average Bonchev–Trinajstić information content (AvgIpc) is 3.28. The molecule has 32 heavy (non-hydrogen) atoms. The van der Waals surface area contributed by atoms with E-state index in [1.807, 2.05) is 30.3 Å². The van der Waals surface area contributed by atoms with E-state index in [2.05, 4.69) is 10.3 Å². The normalized spacial score (nSPS) is 11.3. The first kappa shape index (κ1) is 19.6. The van der Waals surface area contributed by atoms with Gasteiger partial charge in [0, 0.05) is 12.4 Å². The molecule has 9 heteroatoms. The number of nitrogens with one attached hydrogen (secondary N) is 1. The lowest BCUT2D eigenvalue weighted by molar-refractivity contribution is -0.116. The van der Waals surface area contributed by atoms with Gasteiger partial charge in [-0.05, 0) is 31.2 Å². The summed E-state index contributed by atoms with van der Waals surface area (Å²) >= 11 is 0. The van der Waals surface area contributed by atoms with Crippen molar-refractivity contribution in [2.24, 2.45) is 7.05 Å². The van der Waals surface area contributed by atoms with Crippen LogP contribution in [-0.4, -0.2) is 24.8 Å². The number of carbonyl (C=O) groups is 1. The Bertz CT molecular complexity index is 1610. The van der Waals surface area contributed by atoms with E-state index in [0.29, 0.717) is 22.5 Å². The number of para-hydroxylation sites is 2. The molecular weight excluding hydrogens is 410 g/mol. The van der Waals surface area contributed by atoms with Crippen LogP contribution in [0.5, 0.6) is 0 Å². The van der Waals surface area contributed by atoms with Gasteiger partial charge in [0.05, 0.1) is 17.7 Å². The minimum Gasteiger partial charge on any atom is -0.448 e. The molecule has 0 aliphatic carbocycles. The summed E-state index contributed by atoms with van der Waals surface area (Å²) < 4.78 is 9.95. The molecule has 0 aliphatic heterocycles. The maximum atomic E-state index is 13.0. The second-order valence-corrected chi connectivity index (χ2v) is 7.44. The van der Waals surface area contributed by atoms with Crippen molar-refractivity contribution >= 4 is 33.7 Å². The van der Waals surface area contributed by atoms with Crippen LogP contribution in [0.2, 0.25) is 0 Å². The predicted molar refractivity (Wildman–Crippen MR) is 120 cm³/mol. The van der Waals surface area contributed by atoms with Crippen LogP contribution in [0.25, 0.3) is 27.8 Å². The molecular formula is C23H19N5O4. The Morgan fingerprint density at radius 2 is 1.75 bits per heavy atom. The second kappa shape index (κ2) is 7.38. The van der Waals surface area contributed by atoms with Crippen molar-refractivity contribution in [3.8, 4) is 5.69 Å². The Labute approximate surface area is 181 Å². The molecule has 3 heterocycles. The molecule has 9 nitrogen and oxygen atoms in total. The number of furan rings is 1. The number of hydrogen-bond acceptors (Lipinski definition) is 5. The smallest absolute Gasteiger partial charge is 0.297 e. The highest BCUT2D eigenvalue weighted by Crippen LogP contribution is 2.24. The van der Waals surface area contributed by atoms with Gasteiger partial charge in [-0.2, -0.15) is 0 Å². The Morgan fingerprint density at radius 3 is 2.53 bits per heavy atom. The van der Waals surface area contributed by atoms with E-state index in [9.17, 15) is 14.4 Å². The molecule has 0 aliphatic rings. The third kappa shape index (κ3) is 3.02. The number of benzene rings is 2. The minimum absolute atomic E-state index is 0.0869. The minimum atomic E-state index is -0.518. The van der Waals surface area contributed by atoms with Gasteiger partial charge in [0.2, 0.25) is 11.5 Å². The van der Waals surface area contributed by atoms with Gasteiger partial charge < -0.3 is 9.73 Å². The lowest BCUT2D eigenvalue weighted by Crippen LogP contribution is -2.29. The number of nitrogens with zero attached hydrogens (tertiary/aromatic N) is 4. The Kier molecular flexibility index (Phi) is 4.51. The fourth-order valence-corrected chi connectivity index (χ4v) is 3.77. The van der Waals surface area contributed by atoms with E-state index in [1.54, 1.807) is 42.9 Å². The van der Waals surface area contributed by atoms with Crippen LogP contribution >= 0.6 is 0 Å². The van der Waals surface area contributed by atoms with Crippen LogP contribution in [0.1, 0.15) is 5.69 Å². The molecule has 3 aromatic heterocycles. The van der Waals surface area contributed by atoms with Crippen LogP contribution in [0.4, 0.5) is 5.69 Å². The predicted octanol–water partition coefficient (Wildman–Crippen LogP) is 2.58. The monoisotopic (exact) mass is 429 g/mol. The van der Waals surface area contributed by atoms with E-state index in [0.717, 1.165) is 9.95 Å². The standard InChI is InChI=1S/C23H19N5O4/c1-14-19(22(30)28(26(14)2)15-8-4-3-5-9-15)25-18(29)12-27-13-24-20-16-10-6-7-11-17(16)32-21(20)23(27)31/h3-11,13H,12H2,1-2H3,(H,25,29). The van der Waals surface area contributed by atoms with Crippen molar-refractivity contribution in [3.05, 3.63) is 87.3 Å². The Morgan fingerprint density at radius 1 is 1.03 bits per heavy atom. The van der Waals surface area contributed by atoms with Crippen LogP contribution in [-0.2, 0) is 18.4 Å². The van der Waals surface area contributed by atoms with Gasteiger partial charge in [-0.15, -0.1) is 0 Å². The molecule has 0 saturated carbocycles. The summed E-state index contributed by atoms with van der Waals surface area (Å²) in [4.78, 5) is 42.8. The van der Waals surface area contributed by atoms with Gasteiger partial charge in [-0.25, -0.2) is 9.67 Å². The van der Waals surface area contributed by atoms with Crippen LogP contribution < -0.4 is 16.4 Å². The third-order valence-electron chi connectivity index (χ3n) is 5.48. The van der Waals surface area contributed by atoms with E-state index in [4.69, 9.17) is 4.42 Å².